The fourth-order valence-corrected chi connectivity index (χ4v) is 3.46. The third-order valence-electron chi connectivity index (χ3n) is 5.22. The fourth-order valence-electron chi connectivity index (χ4n) is 3.33. The van der Waals surface area contributed by atoms with Crippen LogP contribution in [0.25, 0.3) is 0 Å². The Morgan fingerprint density at radius 2 is 1.71 bits per heavy atom. The standard InChI is InChI=1S/C19H19ClF6O2/c1-5-9-10(16(23)15(22)8(2)14(9)21)7-28-17(27)13-11(18(13,3)4)6-12(20)19(24,25)26/h6,11,13H,5,7H2,1-4H3/b12-6-/t11-,13-/m0/s1. The minimum Gasteiger partial charge on any atom is -0.460 e. The predicted molar refractivity (Wildman–Crippen MR) is 91.0 cm³/mol. The smallest absolute Gasteiger partial charge is 0.426 e. The molecule has 9 heteroatoms. The van der Waals surface area contributed by atoms with Crippen LogP contribution in [0.5, 0.6) is 0 Å². The van der Waals surface area contributed by atoms with Gasteiger partial charge in [-0.3, -0.25) is 4.79 Å². The molecule has 0 spiro atoms. The van der Waals surface area contributed by atoms with E-state index in [4.69, 9.17) is 16.3 Å². The molecule has 0 N–H and O–H groups in total. The first-order chi connectivity index (χ1) is 12.7. The van der Waals surface area contributed by atoms with E-state index in [1.165, 1.54) is 6.92 Å². The highest BCUT2D eigenvalue weighted by Gasteiger charge is 2.62. The molecule has 1 aromatic carbocycles. The maximum Gasteiger partial charge on any atom is 0.426 e. The van der Waals surface area contributed by atoms with Crippen LogP contribution in [0.15, 0.2) is 11.1 Å². The zero-order valence-electron chi connectivity index (χ0n) is 15.6. The van der Waals surface area contributed by atoms with Gasteiger partial charge in [0.1, 0.15) is 17.5 Å². The van der Waals surface area contributed by atoms with Gasteiger partial charge in [-0.25, -0.2) is 13.2 Å². The lowest BCUT2D eigenvalue weighted by Crippen LogP contribution is -2.14. The molecule has 0 aliphatic heterocycles. The van der Waals surface area contributed by atoms with E-state index in [2.05, 4.69) is 0 Å². The van der Waals surface area contributed by atoms with Gasteiger partial charge in [0, 0.05) is 11.1 Å². The first-order valence-electron chi connectivity index (χ1n) is 8.51. The molecule has 28 heavy (non-hydrogen) atoms. The third-order valence-corrected chi connectivity index (χ3v) is 5.56. The fraction of sp³-hybridized carbons (Fsp3) is 0.526. The summed E-state index contributed by atoms with van der Waals surface area (Å²) >= 11 is 5.22. The average Bonchev–Trinajstić information content (AvgIpc) is 3.14. The van der Waals surface area contributed by atoms with Gasteiger partial charge >= 0.3 is 12.1 Å². The quantitative estimate of drug-likeness (QED) is 0.328. The topological polar surface area (TPSA) is 26.3 Å². The van der Waals surface area contributed by atoms with Gasteiger partial charge in [0.15, 0.2) is 11.6 Å². The van der Waals surface area contributed by atoms with E-state index in [9.17, 15) is 31.1 Å². The molecule has 2 atom stereocenters. The van der Waals surface area contributed by atoms with Crippen LogP contribution in [0.4, 0.5) is 26.3 Å². The van der Waals surface area contributed by atoms with Crippen molar-refractivity contribution in [2.24, 2.45) is 17.3 Å². The number of esters is 1. The van der Waals surface area contributed by atoms with E-state index < -0.39 is 69.6 Å². The summed E-state index contributed by atoms with van der Waals surface area (Å²) in [5, 5.41) is -1.34. The summed E-state index contributed by atoms with van der Waals surface area (Å²) < 4.78 is 85.0. The lowest BCUT2D eigenvalue weighted by atomic mass is 10.0. The largest absolute Gasteiger partial charge is 0.460 e. The zero-order valence-corrected chi connectivity index (χ0v) is 16.4. The second kappa shape index (κ2) is 7.61. The number of alkyl halides is 3. The molecule has 2 nitrogen and oxygen atoms in total. The van der Waals surface area contributed by atoms with Crippen LogP contribution in [-0.2, 0) is 22.6 Å². The van der Waals surface area contributed by atoms with Crippen molar-refractivity contribution in [2.75, 3.05) is 0 Å². The minimum atomic E-state index is -4.73. The maximum absolute atomic E-state index is 14.2. The van der Waals surface area contributed by atoms with E-state index in [1.807, 2.05) is 0 Å². The van der Waals surface area contributed by atoms with Crippen LogP contribution in [0.3, 0.4) is 0 Å². The molecule has 1 fully saturated rings. The molecule has 0 radical (unpaired) electrons. The van der Waals surface area contributed by atoms with Gasteiger partial charge in [0.05, 0.1) is 5.92 Å². The van der Waals surface area contributed by atoms with Gasteiger partial charge in [-0.2, -0.15) is 13.2 Å². The number of rotatable bonds is 5. The van der Waals surface area contributed by atoms with Crippen molar-refractivity contribution < 1.29 is 35.9 Å². The lowest BCUT2D eigenvalue weighted by Gasteiger charge is -2.14. The van der Waals surface area contributed by atoms with Gasteiger partial charge in [-0.15, -0.1) is 0 Å². The summed E-state index contributed by atoms with van der Waals surface area (Å²) in [6.45, 7) is 5.02. The summed E-state index contributed by atoms with van der Waals surface area (Å²) in [6, 6.07) is 0. The lowest BCUT2D eigenvalue weighted by molar-refractivity contribution is -0.147. The van der Waals surface area contributed by atoms with Crippen LogP contribution in [-0.4, -0.2) is 12.1 Å². The highest BCUT2D eigenvalue weighted by Crippen LogP contribution is 2.60. The molecule has 1 aliphatic rings. The Kier molecular flexibility index (Phi) is 6.14. The van der Waals surface area contributed by atoms with Crippen molar-refractivity contribution in [3.8, 4) is 0 Å². The van der Waals surface area contributed by atoms with Crippen molar-refractivity contribution in [1.29, 1.82) is 0 Å². The average molecular weight is 429 g/mol. The monoisotopic (exact) mass is 428 g/mol. The summed E-state index contributed by atoms with van der Waals surface area (Å²) in [5.74, 6) is -6.24. The third kappa shape index (κ3) is 4.02. The normalized spacial score (nSPS) is 21.6. The molecule has 1 saturated carbocycles. The van der Waals surface area contributed by atoms with Crippen molar-refractivity contribution in [1.82, 2.24) is 0 Å². The number of allylic oxidation sites excluding steroid dienone is 2. The highest BCUT2D eigenvalue weighted by molar-refractivity contribution is 6.30. The summed E-state index contributed by atoms with van der Waals surface area (Å²) in [6.07, 6.45) is -3.94. The first-order valence-corrected chi connectivity index (χ1v) is 8.88. The van der Waals surface area contributed by atoms with E-state index in [-0.39, 0.29) is 12.0 Å². The van der Waals surface area contributed by atoms with Gasteiger partial charge in [0.25, 0.3) is 0 Å². The highest BCUT2D eigenvalue weighted by atomic mass is 35.5. The van der Waals surface area contributed by atoms with Crippen molar-refractivity contribution >= 4 is 17.6 Å². The SMILES string of the molecule is CCc1c(F)c(C)c(F)c(F)c1COC(=O)[C@@H]1[C@H](/C=C(\Cl)C(F)(F)F)C1(C)C. The Hall–Kier alpha value is -1.70. The molecule has 0 heterocycles. The Bertz CT molecular complexity index is 829. The molecule has 1 aliphatic carbocycles. The Balaban J connectivity index is 2.20. The molecule has 0 bridgehead atoms. The number of carbonyl (C=O) groups excluding carboxylic acids is 1. The number of hydrogen-bond donors (Lipinski definition) is 0. The predicted octanol–water partition coefficient (Wildman–Crippen LogP) is 5.98. The summed E-state index contributed by atoms with van der Waals surface area (Å²) in [5.41, 5.74) is -1.86. The maximum atomic E-state index is 14.2. The molecule has 156 valence electrons. The number of hydrogen-bond acceptors (Lipinski definition) is 2. The molecular formula is C19H19ClF6O2. The molecule has 2 rings (SSSR count). The summed E-state index contributed by atoms with van der Waals surface area (Å²) in [4.78, 5) is 12.3. The van der Waals surface area contributed by atoms with Gasteiger partial charge in [-0.1, -0.05) is 38.4 Å². The first kappa shape index (κ1) is 22.6. The van der Waals surface area contributed by atoms with E-state index in [1.54, 1.807) is 13.8 Å². The van der Waals surface area contributed by atoms with Crippen LogP contribution in [0, 0.1) is 41.6 Å². The van der Waals surface area contributed by atoms with Gasteiger partial charge in [-0.05, 0) is 30.2 Å². The number of carbonyl (C=O) groups is 1. The molecule has 0 amide bonds. The minimum absolute atomic E-state index is 0.0399. The van der Waals surface area contributed by atoms with E-state index in [0.717, 1.165) is 13.0 Å². The molecular weight excluding hydrogens is 410 g/mol. The second-order valence-corrected chi connectivity index (χ2v) is 7.73. The second-order valence-electron chi connectivity index (χ2n) is 7.32. The Labute approximate surface area is 163 Å². The Morgan fingerprint density at radius 3 is 2.21 bits per heavy atom. The number of halogens is 7. The Morgan fingerprint density at radius 1 is 1.14 bits per heavy atom. The van der Waals surface area contributed by atoms with Crippen molar-refractivity contribution in [2.45, 2.75) is 46.9 Å². The summed E-state index contributed by atoms with van der Waals surface area (Å²) in [7, 11) is 0. The van der Waals surface area contributed by atoms with E-state index >= 15 is 0 Å². The van der Waals surface area contributed by atoms with Crippen LogP contribution in [0.2, 0.25) is 0 Å². The molecule has 0 saturated heterocycles. The van der Waals surface area contributed by atoms with Crippen LogP contribution >= 0.6 is 11.6 Å². The van der Waals surface area contributed by atoms with Gasteiger partial charge in [0.2, 0.25) is 0 Å². The van der Waals surface area contributed by atoms with Crippen LogP contribution < -0.4 is 0 Å². The van der Waals surface area contributed by atoms with Crippen LogP contribution in [0.1, 0.15) is 37.5 Å². The van der Waals surface area contributed by atoms with Crippen molar-refractivity contribution in [3.05, 3.63) is 45.3 Å². The molecule has 1 aromatic rings. The number of ether oxygens (including phenoxy) is 1. The number of benzene rings is 1. The molecule has 0 aromatic heterocycles. The van der Waals surface area contributed by atoms with E-state index in [0.29, 0.717) is 0 Å². The van der Waals surface area contributed by atoms with Gasteiger partial charge < -0.3 is 4.74 Å². The molecule has 0 unspecified atom stereocenters. The van der Waals surface area contributed by atoms with Crippen molar-refractivity contribution in [3.63, 3.8) is 0 Å². The zero-order chi connectivity index (χ0) is 21.6.